The highest BCUT2D eigenvalue weighted by molar-refractivity contribution is 5.12. The van der Waals surface area contributed by atoms with Gasteiger partial charge < -0.3 is 15.5 Å². The van der Waals surface area contributed by atoms with Gasteiger partial charge in [-0.3, -0.25) is 4.90 Å². The summed E-state index contributed by atoms with van der Waals surface area (Å²) in [5.41, 5.74) is 0. The van der Waals surface area contributed by atoms with Gasteiger partial charge in [-0.05, 0) is 58.6 Å². The van der Waals surface area contributed by atoms with Crippen molar-refractivity contribution in [2.75, 3.05) is 33.7 Å². The standard InChI is InChI=1S/C20H36N4/c1-23(15-17-9-5-7-13-21-17)19-11-3-4-12-20(19)24(2)16-18-10-6-8-14-22-18/h5,7,9,13,17-22H,3-4,6,8,10-12,14-16H2,1-2H3. The summed E-state index contributed by atoms with van der Waals surface area (Å²) in [6, 6.07) is 2.54. The van der Waals surface area contributed by atoms with Crippen LogP contribution < -0.4 is 10.6 Å². The van der Waals surface area contributed by atoms with Gasteiger partial charge in [-0.2, -0.15) is 0 Å². The van der Waals surface area contributed by atoms with Crippen molar-refractivity contribution < 1.29 is 0 Å². The lowest BCUT2D eigenvalue weighted by molar-refractivity contribution is 0.0675. The summed E-state index contributed by atoms with van der Waals surface area (Å²) >= 11 is 0. The number of allylic oxidation sites excluding steroid dienone is 2. The highest BCUT2D eigenvalue weighted by Gasteiger charge is 2.32. The molecule has 0 aromatic heterocycles. The van der Waals surface area contributed by atoms with Crippen LogP contribution >= 0.6 is 0 Å². The van der Waals surface area contributed by atoms with Gasteiger partial charge in [-0.1, -0.05) is 31.4 Å². The first-order valence-electron chi connectivity index (χ1n) is 9.97. The van der Waals surface area contributed by atoms with Gasteiger partial charge in [0.05, 0.1) is 6.04 Å². The zero-order valence-corrected chi connectivity index (χ0v) is 15.6. The highest BCUT2D eigenvalue weighted by atomic mass is 15.2. The van der Waals surface area contributed by atoms with Crippen molar-refractivity contribution in [2.24, 2.45) is 0 Å². The van der Waals surface area contributed by atoms with Gasteiger partial charge in [-0.25, -0.2) is 0 Å². The summed E-state index contributed by atoms with van der Waals surface area (Å²) < 4.78 is 0. The van der Waals surface area contributed by atoms with E-state index in [0.29, 0.717) is 24.2 Å². The fraction of sp³-hybridized carbons (Fsp3) is 0.800. The average molecular weight is 333 g/mol. The molecule has 0 amide bonds. The molecule has 2 heterocycles. The molecular formula is C20H36N4. The maximum absolute atomic E-state index is 3.72. The maximum atomic E-state index is 3.72. The molecule has 0 aromatic rings. The van der Waals surface area contributed by atoms with Gasteiger partial charge in [0, 0.05) is 31.2 Å². The Morgan fingerprint density at radius 3 is 2.21 bits per heavy atom. The molecule has 136 valence electrons. The Morgan fingerprint density at radius 2 is 1.58 bits per heavy atom. The van der Waals surface area contributed by atoms with Gasteiger partial charge in [0.1, 0.15) is 0 Å². The number of likely N-dealkylation sites (N-methyl/N-ethyl adjacent to an activating group) is 2. The fourth-order valence-electron chi connectivity index (χ4n) is 4.73. The molecule has 0 spiro atoms. The number of hydrogen-bond acceptors (Lipinski definition) is 4. The van der Waals surface area contributed by atoms with Crippen LogP contribution in [0.2, 0.25) is 0 Å². The van der Waals surface area contributed by atoms with Crippen LogP contribution in [0.5, 0.6) is 0 Å². The van der Waals surface area contributed by atoms with Crippen LogP contribution in [-0.2, 0) is 0 Å². The summed E-state index contributed by atoms with van der Waals surface area (Å²) in [5, 5.41) is 7.18. The van der Waals surface area contributed by atoms with Crippen LogP contribution in [0.25, 0.3) is 0 Å². The molecule has 4 unspecified atom stereocenters. The van der Waals surface area contributed by atoms with Crippen LogP contribution in [0.3, 0.4) is 0 Å². The Labute approximate surface area is 148 Å². The van der Waals surface area contributed by atoms with Crippen molar-refractivity contribution in [3.63, 3.8) is 0 Å². The second-order valence-corrected chi connectivity index (χ2v) is 7.96. The molecule has 2 N–H and O–H groups in total. The molecule has 0 radical (unpaired) electrons. The van der Waals surface area contributed by atoms with E-state index >= 15 is 0 Å². The van der Waals surface area contributed by atoms with Crippen molar-refractivity contribution in [1.29, 1.82) is 0 Å². The van der Waals surface area contributed by atoms with E-state index in [1.807, 2.05) is 0 Å². The Balaban J connectivity index is 1.55. The molecule has 4 atom stereocenters. The zero-order chi connectivity index (χ0) is 16.8. The molecule has 1 saturated carbocycles. The third-order valence-electron chi connectivity index (χ3n) is 6.09. The predicted molar refractivity (Wildman–Crippen MR) is 102 cm³/mol. The van der Waals surface area contributed by atoms with Gasteiger partial charge in [-0.15, -0.1) is 0 Å². The summed E-state index contributed by atoms with van der Waals surface area (Å²) in [4.78, 5) is 5.27. The van der Waals surface area contributed by atoms with E-state index in [0.717, 1.165) is 6.54 Å². The molecule has 3 aliphatic rings. The highest BCUT2D eigenvalue weighted by Crippen LogP contribution is 2.27. The first-order chi connectivity index (χ1) is 11.7. The molecule has 0 aromatic carbocycles. The molecule has 0 bridgehead atoms. The summed E-state index contributed by atoms with van der Waals surface area (Å²) in [5.74, 6) is 0. The Kier molecular flexibility index (Phi) is 6.75. The second kappa shape index (κ2) is 9.02. The molecule has 24 heavy (non-hydrogen) atoms. The van der Waals surface area contributed by atoms with Gasteiger partial charge >= 0.3 is 0 Å². The van der Waals surface area contributed by atoms with Crippen LogP contribution in [0.15, 0.2) is 24.4 Å². The van der Waals surface area contributed by atoms with E-state index in [9.17, 15) is 0 Å². The minimum Gasteiger partial charge on any atom is -0.383 e. The van der Waals surface area contributed by atoms with E-state index < -0.39 is 0 Å². The number of hydrogen-bond donors (Lipinski definition) is 2. The smallest absolute Gasteiger partial charge is 0.0569 e. The van der Waals surface area contributed by atoms with Gasteiger partial charge in [0.15, 0.2) is 0 Å². The van der Waals surface area contributed by atoms with Crippen molar-refractivity contribution in [1.82, 2.24) is 20.4 Å². The Hall–Kier alpha value is -0.840. The van der Waals surface area contributed by atoms with Gasteiger partial charge in [0.2, 0.25) is 0 Å². The quantitative estimate of drug-likeness (QED) is 0.782. The van der Waals surface area contributed by atoms with Crippen molar-refractivity contribution in [3.8, 4) is 0 Å². The maximum Gasteiger partial charge on any atom is 0.0569 e. The van der Waals surface area contributed by atoms with Crippen LogP contribution in [-0.4, -0.2) is 67.7 Å². The van der Waals surface area contributed by atoms with Crippen LogP contribution in [0.1, 0.15) is 44.9 Å². The summed E-state index contributed by atoms with van der Waals surface area (Å²) in [6.45, 7) is 3.51. The molecule has 4 nitrogen and oxygen atoms in total. The number of nitrogens with one attached hydrogen (secondary N) is 2. The molecular weight excluding hydrogens is 296 g/mol. The molecule has 1 saturated heterocycles. The lowest BCUT2D eigenvalue weighted by Gasteiger charge is -2.44. The number of dihydropyridines is 1. The van der Waals surface area contributed by atoms with Crippen molar-refractivity contribution >= 4 is 0 Å². The second-order valence-electron chi connectivity index (χ2n) is 7.96. The topological polar surface area (TPSA) is 30.5 Å². The minimum atomic E-state index is 0.452. The summed E-state index contributed by atoms with van der Waals surface area (Å²) in [6.07, 6.45) is 18.2. The van der Waals surface area contributed by atoms with E-state index in [1.165, 1.54) is 58.0 Å². The first kappa shape index (κ1) is 18.0. The van der Waals surface area contributed by atoms with E-state index in [-0.39, 0.29) is 0 Å². The molecule has 4 heteroatoms. The molecule has 1 aliphatic carbocycles. The Morgan fingerprint density at radius 1 is 0.875 bits per heavy atom. The van der Waals surface area contributed by atoms with E-state index in [1.54, 1.807) is 0 Å². The van der Waals surface area contributed by atoms with E-state index in [4.69, 9.17) is 0 Å². The molecule has 2 fully saturated rings. The number of piperidine rings is 1. The lowest BCUT2D eigenvalue weighted by atomic mass is 9.87. The average Bonchev–Trinajstić information content (AvgIpc) is 2.63. The summed E-state index contributed by atoms with van der Waals surface area (Å²) in [7, 11) is 4.68. The zero-order valence-electron chi connectivity index (χ0n) is 15.6. The van der Waals surface area contributed by atoms with Crippen molar-refractivity contribution in [2.45, 2.75) is 69.1 Å². The van der Waals surface area contributed by atoms with Crippen LogP contribution in [0.4, 0.5) is 0 Å². The van der Waals surface area contributed by atoms with Gasteiger partial charge in [0.25, 0.3) is 0 Å². The predicted octanol–water partition coefficient (Wildman–Crippen LogP) is 2.34. The first-order valence-corrected chi connectivity index (χ1v) is 9.97. The third-order valence-corrected chi connectivity index (χ3v) is 6.09. The number of nitrogens with zero attached hydrogens (tertiary/aromatic N) is 2. The normalized spacial score (nSPS) is 33.8. The van der Waals surface area contributed by atoms with E-state index in [2.05, 4.69) is 59.0 Å². The van der Waals surface area contributed by atoms with Crippen molar-refractivity contribution in [3.05, 3.63) is 24.4 Å². The van der Waals surface area contributed by atoms with Crippen LogP contribution in [0, 0.1) is 0 Å². The number of rotatable bonds is 6. The molecule has 2 aliphatic heterocycles. The monoisotopic (exact) mass is 332 g/mol. The lowest BCUT2D eigenvalue weighted by Crippen LogP contribution is -2.55. The fourth-order valence-corrected chi connectivity index (χ4v) is 4.73. The molecule has 3 rings (SSSR count). The SMILES string of the molecule is CN(CC1C=CC=CN1)C1CCCCC1N(C)CC1CCCCN1. The minimum absolute atomic E-state index is 0.452. The largest absolute Gasteiger partial charge is 0.383 e. The third kappa shape index (κ3) is 4.84. The Bertz CT molecular complexity index is 427.